The first-order chi connectivity index (χ1) is 10.0. The molecule has 0 bridgehead atoms. The second-order valence-electron chi connectivity index (χ2n) is 5.74. The Morgan fingerprint density at radius 1 is 1.38 bits per heavy atom. The molecule has 4 nitrogen and oxygen atoms in total. The van der Waals surface area contributed by atoms with Crippen molar-refractivity contribution in [3.63, 3.8) is 0 Å². The summed E-state index contributed by atoms with van der Waals surface area (Å²) in [5.74, 6) is 1.28. The Hall–Kier alpha value is -1.26. The van der Waals surface area contributed by atoms with Gasteiger partial charge in [-0.25, -0.2) is 0 Å². The van der Waals surface area contributed by atoms with E-state index in [4.69, 9.17) is 16.3 Å². The van der Waals surface area contributed by atoms with Crippen LogP contribution in [-0.2, 0) is 11.3 Å². The number of halogens is 1. The molecule has 1 saturated heterocycles. The molecule has 1 aliphatic heterocycles. The van der Waals surface area contributed by atoms with Gasteiger partial charge in [-0.1, -0.05) is 11.6 Å². The van der Waals surface area contributed by atoms with Crippen molar-refractivity contribution >= 4 is 17.5 Å². The summed E-state index contributed by atoms with van der Waals surface area (Å²) in [4.78, 5) is 16.0. The molecule has 0 N–H and O–H groups in total. The van der Waals surface area contributed by atoms with E-state index in [2.05, 4.69) is 4.90 Å². The van der Waals surface area contributed by atoms with Crippen molar-refractivity contribution in [2.45, 2.75) is 19.4 Å². The van der Waals surface area contributed by atoms with Crippen LogP contribution in [0.2, 0.25) is 5.02 Å². The van der Waals surface area contributed by atoms with Crippen molar-refractivity contribution < 1.29 is 9.53 Å². The molecule has 0 unspecified atom stereocenters. The van der Waals surface area contributed by atoms with E-state index < -0.39 is 0 Å². The van der Waals surface area contributed by atoms with Gasteiger partial charge in [0.25, 0.3) is 0 Å². The van der Waals surface area contributed by atoms with E-state index in [9.17, 15) is 4.79 Å². The summed E-state index contributed by atoms with van der Waals surface area (Å²) in [6, 6.07) is 5.70. The summed E-state index contributed by atoms with van der Waals surface area (Å²) in [6.45, 7) is 2.67. The van der Waals surface area contributed by atoms with Crippen LogP contribution in [0, 0.1) is 5.92 Å². The van der Waals surface area contributed by atoms with E-state index in [1.165, 1.54) is 0 Å². The number of carbonyl (C=O) groups excluding carboxylic acids is 1. The Bertz CT molecular complexity index is 497. The zero-order chi connectivity index (χ0) is 15.4. The number of carbonyl (C=O) groups is 1. The Labute approximate surface area is 131 Å². The Balaban J connectivity index is 1.95. The van der Waals surface area contributed by atoms with Crippen LogP contribution < -0.4 is 4.74 Å². The van der Waals surface area contributed by atoms with Crippen LogP contribution in [0.25, 0.3) is 0 Å². The summed E-state index contributed by atoms with van der Waals surface area (Å²) < 4.78 is 5.39. The minimum atomic E-state index is 0.164. The van der Waals surface area contributed by atoms with Crippen LogP contribution in [0.5, 0.6) is 5.75 Å². The van der Waals surface area contributed by atoms with Gasteiger partial charge in [-0.15, -0.1) is 0 Å². The normalized spacial score (nSPS) is 16.8. The lowest BCUT2D eigenvalue weighted by Crippen LogP contribution is -2.39. The minimum Gasteiger partial charge on any atom is -0.496 e. The van der Waals surface area contributed by atoms with E-state index in [0.29, 0.717) is 0 Å². The number of hydrogen-bond acceptors (Lipinski definition) is 3. The molecular weight excluding hydrogens is 288 g/mol. The second kappa shape index (κ2) is 7.14. The topological polar surface area (TPSA) is 32.8 Å². The smallest absolute Gasteiger partial charge is 0.225 e. The molecule has 0 aromatic heterocycles. The zero-order valence-electron chi connectivity index (χ0n) is 12.9. The van der Waals surface area contributed by atoms with Crippen molar-refractivity contribution in [1.29, 1.82) is 0 Å². The number of hydrogen-bond donors (Lipinski definition) is 0. The van der Waals surface area contributed by atoms with E-state index in [0.717, 1.165) is 48.8 Å². The fourth-order valence-electron chi connectivity index (χ4n) is 2.81. The lowest BCUT2D eigenvalue weighted by Gasteiger charge is -2.32. The first-order valence-corrected chi connectivity index (χ1v) is 7.65. The Morgan fingerprint density at radius 3 is 2.62 bits per heavy atom. The highest BCUT2D eigenvalue weighted by molar-refractivity contribution is 6.30. The van der Waals surface area contributed by atoms with E-state index in [1.54, 1.807) is 12.0 Å². The van der Waals surface area contributed by atoms with Crippen LogP contribution >= 0.6 is 11.6 Å². The summed E-state index contributed by atoms with van der Waals surface area (Å²) in [6.07, 6.45) is 1.83. The zero-order valence-corrected chi connectivity index (χ0v) is 13.7. The lowest BCUT2D eigenvalue weighted by molar-refractivity contribution is -0.134. The van der Waals surface area contributed by atoms with Gasteiger partial charge < -0.3 is 9.64 Å². The van der Waals surface area contributed by atoms with Crippen molar-refractivity contribution in [1.82, 2.24) is 9.80 Å². The van der Waals surface area contributed by atoms with Gasteiger partial charge in [0.1, 0.15) is 5.75 Å². The molecule has 0 spiro atoms. The molecule has 1 aromatic carbocycles. The standard InChI is InChI=1S/C16H23ClN2O2/c1-18(2)16(20)12-6-8-19(9-7-12)11-13-10-14(17)4-5-15(13)21-3/h4-5,10,12H,6-9,11H2,1-3H3. The highest BCUT2D eigenvalue weighted by atomic mass is 35.5. The molecule has 0 atom stereocenters. The summed E-state index contributed by atoms with van der Waals surface area (Å²) in [5.41, 5.74) is 1.10. The predicted molar refractivity (Wildman–Crippen MR) is 84.7 cm³/mol. The van der Waals surface area contributed by atoms with Crippen LogP contribution in [0.15, 0.2) is 18.2 Å². The maximum absolute atomic E-state index is 12.0. The van der Waals surface area contributed by atoms with Gasteiger partial charge in [0.15, 0.2) is 0 Å². The molecule has 0 aliphatic carbocycles. The van der Waals surface area contributed by atoms with E-state index in [1.807, 2.05) is 32.3 Å². The third-order valence-corrected chi connectivity index (χ3v) is 4.25. The molecule has 1 fully saturated rings. The molecule has 21 heavy (non-hydrogen) atoms. The summed E-state index contributed by atoms with van der Waals surface area (Å²) >= 11 is 6.07. The maximum Gasteiger partial charge on any atom is 0.225 e. The minimum absolute atomic E-state index is 0.164. The average Bonchev–Trinajstić information content (AvgIpc) is 2.47. The fourth-order valence-corrected chi connectivity index (χ4v) is 3.01. The maximum atomic E-state index is 12.0. The molecule has 1 heterocycles. The third-order valence-electron chi connectivity index (χ3n) is 4.01. The van der Waals surface area contributed by atoms with Crippen molar-refractivity contribution in [2.75, 3.05) is 34.3 Å². The summed E-state index contributed by atoms with van der Waals surface area (Å²) in [5, 5.41) is 0.725. The monoisotopic (exact) mass is 310 g/mol. The lowest BCUT2D eigenvalue weighted by atomic mass is 9.95. The van der Waals surface area contributed by atoms with Gasteiger partial charge in [-0.05, 0) is 44.1 Å². The van der Waals surface area contributed by atoms with Gasteiger partial charge >= 0.3 is 0 Å². The average molecular weight is 311 g/mol. The van der Waals surface area contributed by atoms with Gasteiger partial charge in [-0.3, -0.25) is 9.69 Å². The van der Waals surface area contributed by atoms with E-state index >= 15 is 0 Å². The second-order valence-corrected chi connectivity index (χ2v) is 6.18. The molecule has 1 aliphatic rings. The molecule has 2 rings (SSSR count). The highest BCUT2D eigenvalue weighted by Crippen LogP contribution is 2.26. The van der Waals surface area contributed by atoms with Crippen molar-refractivity contribution in [2.24, 2.45) is 5.92 Å². The molecular formula is C16H23ClN2O2. The molecule has 1 aromatic rings. The quantitative estimate of drug-likeness (QED) is 0.857. The number of methoxy groups -OCH3 is 1. The van der Waals surface area contributed by atoms with Crippen LogP contribution in [0.3, 0.4) is 0 Å². The number of nitrogens with zero attached hydrogens (tertiary/aromatic N) is 2. The summed E-state index contributed by atoms with van der Waals surface area (Å²) in [7, 11) is 5.33. The predicted octanol–water partition coefficient (Wildman–Crippen LogP) is 2.65. The van der Waals surface area contributed by atoms with Gasteiger partial charge in [0.2, 0.25) is 5.91 Å². The largest absolute Gasteiger partial charge is 0.496 e. The van der Waals surface area contributed by atoms with Crippen molar-refractivity contribution in [3.05, 3.63) is 28.8 Å². The number of ether oxygens (including phenoxy) is 1. The Morgan fingerprint density at radius 2 is 2.05 bits per heavy atom. The molecule has 0 radical (unpaired) electrons. The fraction of sp³-hybridized carbons (Fsp3) is 0.562. The number of rotatable bonds is 4. The molecule has 5 heteroatoms. The van der Waals surface area contributed by atoms with Crippen LogP contribution in [0.4, 0.5) is 0 Å². The molecule has 1 amide bonds. The first-order valence-electron chi connectivity index (χ1n) is 7.27. The number of piperidine rings is 1. The SMILES string of the molecule is COc1ccc(Cl)cc1CN1CCC(C(=O)N(C)C)CC1. The Kier molecular flexibility index (Phi) is 5.48. The third kappa shape index (κ3) is 4.11. The highest BCUT2D eigenvalue weighted by Gasteiger charge is 2.26. The number of likely N-dealkylation sites (tertiary alicyclic amines) is 1. The molecule has 0 saturated carbocycles. The van der Waals surface area contributed by atoms with Crippen LogP contribution in [0.1, 0.15) is 18.4 Å². The first kappa shape index (κ1) is 16.1. The van der Waals surface area contributed by atoms with Gasteiger partial charge in [-0.2, -0.15) is 0 Å². The van der Waals surface area contributed by atoms with Gasteiger partial charge in [0.05, 0.1) is 7.11 Å². The number of amides is 1. The van der Waals surface area contributed by atoms with Gasteiger partial charge in [0, 0.05) is 37.1 Å². The molecule has 116 valence electrons. The van der Waals surface area contributed by atoms with Crippen LogP contribution in [-0.4, -0.2) is 50.0 Å². The number of benzene rings is 1. The van der Waals surface area contributed by atoms with E-state index in [-0.39, 0.29) is 11.8 Å². The van der Waals surface area contributed by atoms with Crippen molar-refractivity contribution in [3.8, 4) is 5.75 Å².